The first kappa shape index (κ1) is 10.2. The van der Waals surface area contributed by atoms with Crippen LogP contribution in [-0.4, -0.2) is 12.2 Å². The van der Waals surface area contributed by atoms with Gasteiger partial charge in [-0.25, -0.2) is 0 Å². The lowest BCUT2D eigenvalue weighted by Crippen LogP contribution is -2.11. The van der Waals surface area contributed by atoms with Crippen LogP contribution in [0.25, 0.3) is 0 Å². The summed E-state index contributed by atoms with van der Waals surface area (Å²) in [6.45, 7) is 0. The molecule has 5 heteroatoms. The molecule has 0 atom stereocenters. The van der Waals surface area contributed by atoms with Gasteiger partial charge < -0.3 is 5.32 Å². The second kappa shape index (κ2) is 4.39. The van der Waals surface area contributed by atoms with Crippen LogP contribution in [0.2, 0.25) is 5.02 Å². The van der Waals surface area contributed by atoms with Crippen molar-refractivity contribution in [2.45, 2.75) is 0 Å². The van der Waals surface area contributed by atoms with Gasteiger partial charge in [-0.15, -0.1) is 0 Å². The van der Waals surface area contributed by atoms with E-state index < -0.39 is 5.91 Å². The predicted molar refractivity (Wildman–Crippen MR) is 53.8 cm³/mol. The summed E-state index contributed by atoms with van der Waals surface area (Å²) in [4.78, 5) is 20.7. The molecule has 0 aliphatic heterocycles. The molecule has 0 aliphatic carbocycles. The van der Waals surface area contributed by atoms with E-state index in [2.05, 4.69) is 21.2 Å². The first-order chi connectivity index (χ1) is 6.13. The Bertz CT molecular complexity index is 354. The minimum Gasteiger partial charge on any atom is -0.320 e. The van der Waals surface area contributed by atoms with Gasteiger partial charge in [0.1, 0.15) is 0 Å². The van der Waals surface area contributed by atoms with Crippen LogP contribution in [0.1, 0.15) is 0 Å². The molecule has 0 unspecified atom stereocenters. The molecule has 68 valence electrons. The van der Waals surface area contributed by atoms with Crippen LogP contribution < -0.4 is 5.32 Å². The van der Waals surface area contributed by atoms with Crippen molar-refractivity contribution in [3.8, 4) is 0 Å². The third-order valence-corrected chi connectivity index (χ3v) is 2.53. The third-order valence-electron chi connectivity index (χ3n) is 1.29. The number of carbonyl (C=O) groups excluding carboxylic acids is 2. The quantitative estimate of drug-likeness (QED) is 0.656. The molecular formula is C8H5BrClNO2. The van der Waals surface area contributed by atoms with Crippen molar-refractivity contribution < 1.29 is 9.59 Å². The number of benzene rings is 1. The van der Waals surface area contributed by atoms with Crippen LogP contribution in [0.15, 0.2) is 22.7 Å². The van der Waals surface area contributed by atoms with Crippen molar-refractivity contribution in [3.05, 3.63) is 27.7 Å². The molecule has 1 aromatic rings. The highest BCUT2D eigenvalue weighted by atomic mass is 79.9. The van der Waals surface area contributed by atoms with Gasteiger partial charge >= 0.3 is 0 Å². The normalized spacial score (nSPS) is 9.38. The van der Waals surface area contributed by atoms with Gasteiger partial charge in [0.15, 0.2) is 0 Å². The lowest BCUT2D eigenvalue weighted by atomic mass is 10.3. The number of hydrogen-bond acceptors (Lipinski definition) is 2. The monoisotopic (exact) mass is 261 g/mol. The van der Waals surface area contributed by atoms with Crippen molar-refractivity contribution in [1.82, 2.24) is 0 Å². The van der Waals surface area contributed by atoms with E-state index in [-0.39, 0.29) is 6.29 Å². The van der Waals surface area contributed by atoms with Crippen LogP contribution in [0.3, 0.4) is 0 Å². The minimum absolute atomic E-state index is 0.204. The van der Waals surface area contributed by atoms with Crippen molar-refractivity contribution in [3.63, 3.8) is 0 Å². The lowest BCUT2D eigenvalue weighted by molar-refractivity contribution is -0.127. The summed E-state index contributed by atoms with van der Waals surface area (Å²) in [5, 5.41) is 2.82. The van der Waals surface area contributed by atoms with Crippen LogP contribution in [0.4, 0.5) is 5.69 Å². The zero-order chi connectivity index (χ0) is 9.84. The topological polar surface area (TPSA) is 46.2 Å². The van der Waals surface area contributed by atoms with E-state index in [0.717, 1.165) is 4.47 Å². The summed E-state index contributed by atoms with van der Waals surface area (Å²) < 4.78 is 0.735. The second-order valence-electron chi connectivity index (χ2n) is 2.24. The molecule has 0 heterocycles. The highest BCUT2D eigenvalue weighted by Crippen LogP contribution is 2.25. The summed E-state index contributed by atoms with van der Waals surface area (Å²) >= 11 is 8.95. The van der Waals surface area contributed by atoms with E-state index in [1.807, 2.05) is 0 Å². The fourth-order valence-electron chi connectivity index (χ4n) is 0.746. The number of nitrogens with one attached hydrogen (secondary N) is 1. The molecule has 1 amide bonds. The Hall–Kier alpha value is -0.870. The number of halogens is 2. The average molecular weight is 262 g/mol. The van der Waals surface area contributed by atoms with E-state index >= 15 is 0 Å². The zero-order valence-electron chi connectivity index (χ0n) is 6.38. The Balaban J connectivity index is 2.85. The molecule has 0 aliphatic rings. The first-order valence-electron chi connectivity index (χ1n) is 3.34. The fourth-order valence-corrected chi connectivity index (χ4v) is 1.17. The number of carbonyl (C=O) groups is 2. The van der Waals surface area contributed by atoms with Crippen molar-refractivity contribution in [1.29, 1.82) is 0 Å². The minimum atomic E-state index is -0.696. The highest BCUT2D eigenvalue weighted by molar-refractivity contribution is 9.10. The predicted octanol–water partition coefficient (Wildman–Crippen LogP) is 2.24. The standard InChI is InChI=1S/C8H5BrClNO2/c9-6-2-1-5(3-7(6)10)11-8(13)4-12/h1-4H,(H,11,13). The average Bonchev–Trinajstić information content (AvgIpc) is 2.11. The summed E-state index contributed by atoms with van der Waals surface area (Å²) in [5.74, 6) is -0.696. The molecule has 1 N–H and O–H groups in total. The number of rotatable bonds is 2. The van der Waals surface area contributed by atoms with E-state index in [1.165, 1.54) is 0 Å². The van der Waals surface area contributed by atoms with E-state index in [4.69, 9.17) is 11.6 Å². The molecule has 0 aromatic heterocycles. The molecule has 0 radical (unpaired) electrons. The molecule has 3 nitrogen and oxygen atoms in total. The second-order valence-corrected chi connectivity index (χ2v) is 3.50. The number of hydrogen-bond donors (Lipinski definition) is 1. The summed E-state index contributed by atoms with van der Waals surface area (Å²) in [7, 11) is 0. The maximum absolute atomic E-state index is 10.6. The van der Waals surface area contributed by atoms with E-state index in [9.17, 15) is 9.59 Å². The molecule has 0 saturated carbocycles. The van der Waals surface area contributed by atoms with Crippen LogP contribution >= 0.6 is 27.5 Å². The number of amides is 1. The Morgan fingerprint density at radius 1 is 1.54 bits per heavy atom. The van der Waals surface area contributed by atoms with Crippen LogP contribution in [-0.2, 0) is 9.59 Å². The third kappa shape index (κ3) is 2.82. The molecule has 0 saturated heterocycles. The number of aldehydes is 1. The van der Waals surface area contributed by atoms with Crippen LogP contribution in [0, 0.1) is 0 Å². The molecule has 13 heavy (non-hydrogen) atoms. The fraction of sp³-hybridized carbons (Fsp3) is 0. The lowest BCUT2D eigenvalue weighted by Gasteiger charge is -2.02. The molecule has 1 rings (SSSR count). The Labute approximate surface area is 88.2 Å². The number of anilines is 1. The van der Waals surface area contributed by atoms with Crippen molar-refractivity contribution in [2.24, 2.45) is 0 Å². The SMILES string of the molecule is O=CC(=O)Nc1ccc(Br)c(Cl)c1. The maximum Gasteiger partial charge on any atom is 0.288 e. The van der Waals surface area contributed by atoms with Gasteiger partial charge in [-0.3, -0.25) is 9.59 Å². The largest absolute Gasteiger partial charge is 0.320 e. The van der Waals surface area contributed by atoms with E-state index in [1.54, 1.807) is 18.2 Å². The highest BCUT2D eigenvalue weighted by Gasteiger charge is 2.01. The molecule has 0 fully saturated rings. The van der Waals surface area contributed by atoms with Crippen molar-refractivity contribution >= 4 is 45.4 Å². The zero-order valence-corrected chi connectivity index (χ0v) is 8.72. The van der Waals surface area contributed by atoms with Crippen LogP contribution in [0.5, 0.6) is 0 Å². The maximum atomic E-state index is 10.6. The van der Waals surface area contributed by atoms with Gasteiger partial charge in [0.25, 0.3) is 5.91 Å². The van der Waals surface area contributed by atoms with Gasteiger partial charge in [-0.05, 0) is 34.1 Å². The van der Waals surface area contributed by atoms with Gasteiger partial charge in [-0.1, -0.05) is 11.6 Å². The summed E-state index contributed by atoms with van der Waals surface area (Å²) in [5.41, 5.74) is 0.491. The molecular weight excluding hydrogens is 257 g/mol. The summed E-state index contributed by atoms with van der Waals surface area (Å²) in [6.07, 6.45) is 0.204. The Morgan fingerprint density at radius 3 is 2.77 bits per heavy atom. The molecule has 0 spiro atoms. The molecule has 0 bridgehead atoms. The van der Waals surface area contributed by atoms with Gasteiger partial charge in [0.2, 0.25) is 6.29 Å². The Morgan fingerprint density at radius 2 is 2.23 bits per heavy atom. The first-order valence-corrected chi connectivity index (χ1v) is 4.52. The molecule has 1 aromatic carbocycles. The van der Waals surface area contributed by atoms with E-state index in [0.29, 0.717) is 10.7 Å². The smallest absolute Gasteiger partial charge is 0.288 e. The summed E-state index contributed by atoms with van der Waals surface area (Å²) in [6, 6.07) is 4.87. The van der Waals surface area contributed by atoms with Gasteiger partial charge in [0, 0.05) is 10.2 Å². The van der Waals surface area contributed by atoms with Crippen molar-refractivity contribution in [2.75, 3.05) is 5.32 Å². The van der Waals surface area contributed by atoms with Gasteiger partial charge in [-0.2, -0.15) is 0 Å². The Kier molecular flexibility index (Phi) is 3.45. The van der Waals surface area contributed by atoms with Gasteiger partial charge in [0.05, 0.1) is 5.02 Å².